The predicted octanol–water partition coefficient (Wildman–Crippen LogP) is 5.20. The zero-order chi connectivity index (χ0) is 24.6. The summed E-state index contributed by atoms with van der Waals surface area (Å²) in [6.45, 7) is 7.38. The fraction of sp³-hybridized carbons (Fsp3) is 0.231. The lowest BCUT2D eigenvalue weighted by Crippen LogP contribution is -2.31. The summed E-state index contributed by atoms with van der Waals surface area (Å²) in [4.78, 5) is 33.0. The average molecular weight is 474 g/mol. The molecule has 7 nitrogen and oxygen atoms in total. The summed E-state index contributed by atoms with van der Waals surface area (Å²) in [6.07, 6.45) is -0.00678. The topological polar surface area (TPSA) is 104 Å². The first-order valence-corrected chi connectivity index (χ1v) is 11.5. The highest BCUT2D eigenvalue weighted by Gasteiger charge is 2.45. The Kier molecular flexibility index (Phi) is 6.22. The summed E-state index contributed by atoms with van der Waals surface area (Å²) in [5, 5.41) is 20.8. The predicted molar refractivity (Wildman–Crippen MR) is 129 cm³/mol. The number of hydrogen-bond donors (Lipinski definition) is 1. The Morgan fingerprint density at radius 1 is 1.15 bits per heavy atom. The number of carbonyl (C=O) groups excluding carboxylic acids is 2. The minimum Gasteiger partial charge on any atom is -0.503 e. The van der Waals surface area contributed by atoms with Crippen molar-refractivity contribution in [2.24, 2.45) is 0 Å². The molecule has 34 heavy (non-hydrogen) atoms. The molecule has 172 valence electrons. The molecule has 2 aromatic carbocycles. The number of carbonyl (C=O) groups is 2. The molecule has 0 saturated carbocycles. The van der Waals surface area contributed by atoms with Crippen molar-refractivity contribution < 1.29 is 19.4 Å². The molecule has 0 radical (unpaired) electrons. The van der Waals surface area contributed by atoms with Crippen LogP contribution in [0.2, 0.25) is 0 Å². The Morgan fingerprint density at radius 2 is 1.79 bits per heavy atom. The van der Waals surface area contributed by atoms with Crippen molar-refractivity contribution in [3.05, 3.63) is 86.6 Å². The van der Waals surface area contributed by atoms with Gasteiger partial charge in [0, 0.05) is 5.69 Å². The summed E-state index contributed by atoms with van der Waals surface area (Å²) >= 11 is 1.23. The lowest BCUT2D eigenvalue weighted by atomic mass is 9.94. The van der Waals surface area contributed by atoms with E-state index in [4.69, 9.17) is 10.00 Å². The van der Waals surface area contributed by atoms with Gasteiger partial charge in [0.05, 0.1) is 44.9 Å². The number of thiazole rings is 1. The van der Waals surface area contributed by atoms with E-state index in [1.165, 1.54) is 16.2 Å². The second kappa shape index (κ2) is 9.12. The molecule has 0 aliphatic carbocycles. The third kappa shape index (κ3) is 4.18. The molecule has 1 N–H and O–H groups in total. The van der Waals surface area contributed by atoms with Crippen molar-refractivity contribution in [1.29, 1.82) is 5.26 Å². The van der Waals surface area contributed by atoms with Crippen molar-refractivity contribution in [3.63, 3.8) is 0 Å². The maximum atomic E-state index is 13.6. The molecule has 4 rings (SSSR count). The number of anilines is 1. The van der Waals surface area contributed by atoms with E-state index in [0.29, 0.717) is 33.1 Å². The van der Waals surface area contributed by atoms with Crippen molar-refractivity contribution in [2.75, 3.05) is 4.90 Å². The highest BCUT2D eigenvalue weighted by molar-refractivity contribution is 7.14. The van der Waals surface area contributed by atoms with Crippen molar-refractivity contribution >= 4 is 28.7 Å². The number of amides is 1. The number of rotatable bonds is 6. The summed E-state index contributed by atoms with van der Waals surface area (Å²) in [7, 11) is 0. The molecule has 1 atom stereocenters. The number of nitrogens with zero attached hydrogens (tertiary/aromatic N) is 3. The number of hydrogen-bond acceptors (Lipinski definition) is 7. The molecule has 8 heteroatoms. The smallest absolute Gasteiger partial charge is 0.294 e. The molecule has 0 saturated heterocycles. The first kappa shape index (κ1) is 23.2. The lowest BCUT2D eigenvalue weighted by molar-refractivity contribution is -0.117. The number of benzene rings is 2. The number of aliphatic hydroxyl groups is 1. The molecule has 1 aromatic heterocycles. The second-order valence-corrected chi connectivity index (χ2v) is 9.41. The molecule has 2 heterocycles. The monoisotopic (exact) mass is 473 g/mol. The van der Waals surface area contributed by atoms with Gasteiger partial charge in [0.25, 0.3) is 5.91 Å². The Balaban J connectivity index is 1.84. The van der Waals surface area contributed by atoms with Gasteiger partial charge in [-0.3, -0.25) is 14.5 Å². The van der Waals surface area contributed by atoms with Gasteiger partial charge in [-0.2, -0.15) is 5.26 Å². The van der Waals surface area contributed by atoms with Gasteiger partial charge in [-0.15, -0.1) is 11.3 Å². The number of ether oxygens (including phenoxy) is 1. The normalized spacial score (nSPS) is 15.7. The third-order valence-corrected chi connectivity index (χ3v) is 6.48. The van der Waals surface area contributed by atoms with Gasteiger partial charge in [0.15, 0.2) is 5.76 Å². The van der Waals surface area contributed by atoms with Gasteiger partial charge in [-0.05, 0) is 69.7 Å². The zero-order valence-corrected chi connectivity index (χ0v) is 20.0. The molecule has 0 fully saturated rings. The minimum absolute atomic E-state index is 0.00126. The number of aryl methyl sites for hydroxylation is 2. The number of aliphatic hydroxyl groups excluding tert-OH is 1. The Hall–Kier alpha value is -3.96. The highest BCUT2D eigenvalue weighted by atomic mass is 32.1. The van der Waals surface area contributed by atoms with Crippen LogP contribution in [0, 0.1) is 25.2 Å². The molecule has 1 aliphatic heterocycles. The average Bonchev–Trinajstić information content (AvgIpc) is 3.29. The Morgan fingerprint density at radius 3 is 2.32 bits per heavy atom. The van der Waals surface area contributed by atoms with E-state index in [1.54, 1.807) is 62.4 Å². The van der Waals surface area contributed by atoms with Crippen LogP contribution in [0.15, 0.2) is 59.9 Å². The van der Waals surface area contributed by atoms with Crippen LogP contribution < -0.4 is 9.64 Å². The van der Waals surface area contributed by atoms with Crippen LogP contribution in [-0.4, -0.2) is 27.9 Å². The molecule has 1 unspecified atom stereocenters. The van der Waals surface area contributed by atoms with Gasteiger partial charge in [0.2, 0.25) is 5.78 Å². The molecule has 1 aliphatic rings. The van der Waals surface area contributed by atoms with Crippen molar-refractivity contribution in [1.82, 2.24) is 4.98 Å². The van der Waals surface area contributed by atoms with Crippen LogP contribution in [0.3, 0.4) is 0 Å². The molecular formula is C26H23N3O4S. The fourth-order valence-electron chi connectivity index (χ4n) is 3.98. The van der Waals surface area contributed by atoms with Crippen LogP contribution >= 0.6 is 11.3 Å². The SMILES string of the molecule is Cc1nc(C)c(C(=O)C2=C(O)C(=O)N(c3ccc(C#N)cc3)C2c2ccc(OC(C)C)cc2)s1. The third-order valence-electron chi connectivity index (χ3n) is 5.40. The Bertz CT molecular complexity index is 1330. The van der Waals surface area contributed by atoms with Crippen LogP contribution in [0.25, 0.3) is 0 Å². The van der Waals surface area contributed by atoms with Crippen molar-refractivity contribution in [3.8, 4) is 11.8 Å². The standard InChI is InChI=1S/C26H23N3O4S/c1-14(2)33-20-11-7-18(8-12-20)22-21(23(30)25-15(3)28-16(4)34-25)24(31)26(32)29(22)19-9-5-17(13-27)6-10-19/h5-12,14,22,31H,1-4H3. The molecule has 0 spiro atoms. The van der Waals surface area contributed by atoms with E-state index in [-0.39, 0.29) is 11.7 Å². The summed E-state index contributed by atoms with van der Waals surface area (Å²) in [5.74, 6) is -1.05. The number of nitriles is 1. The molecule has 3 aromatic rings. The molecule has 1 amide bonds. The summed E-state index contributed by atoms with van der Waals surface area (Å²) in [6, 6.07) is 14.7. The van der Waals surface area contributed by atoms with Gasteiger partial charge < -0.3 is 9.84 Å². The Labute approximate surface area is 201 Å². The quantitative estimate of drug-likeness (QED) is 0.494. The molecular weight excluding hydrogens is 450 g/mol. The van der Waals surface area contributed by atoms with E-state index in [9.17, 15) is 14.7 Å². The van der Waals surface area contributed by atoms with Gasteiger partial charge >= 0.3 is 0 Å². The minimum atomic E-state index is -0.858. The van der Waals surface area contributed by atoms with E-state index >= 15 is 0 Å². The summed E-state index contributed by atoms with van der Waals surface area (Å²) in [5.41, 5.74) is 2.09. The number of aromatic nitrogens is 1. The number of Topliss-reactive ketones (excluding diaryl/α,β-unsaturated/α-hetero) is 1. The lowest BCUT2D eigenvalue weighted by Gasteiger charge is -2.27. The molecule has 0 bridgehead atoms. The zero-order valence-electron chi connectivity index (χ0n) is 19.2. The largest absolute Gasteiger partial charge is 0.503 e. The highest BCUT2D eigenvalue weighted by Crippen LogP contribution is 2.43. The first-order valence-electron chi connectivity index (χ1n) is 10.7. The maximum Gasteiger partial charge on any atom is 0.294 e. The van der Waals surface area contributed by atoms with Gasteiger partial charge in [-0.25, -0.2) is 4.98 Å². The number of ketones is 1. The van der Waals surface area contributed by atoms with Crippen LogP contribution in [0.4, 0.5) is 5.69 Å². The van der Waals surface area contributed by atoms with Gasteiger partial charge in [0.1, 0.15) is 5.75 Å². The van der Waals surface area contributed by atoms with E-state index in [0.717, 1.165) is 5.01 Å². The first-order chi connectivity index (χ1) is 16.2. The van der Waals surface area contributed by atoms with Crippen molar-refractivity contribution in [2.45, 2.75) is 39.8 Å². The fourth-order valence-corrected chi connectivity index (χ4v) is 4.85. The maximum absolute atomic E-state index is 13.6. The van der Waals surface area contributed by atoms with E-state index < -0.39 is 23.5 Å². The van der Waals surface area contributed by atoms with E-state index in [2.05, 4.69) is 4.98 Å². The van der Waals surface area contributed by atoms with Crippen LogP contribution in [0.5, 0.6) is 5.75 Å². The van der Waals surface area contributed by atoms with Gasteiger partial charge in [-0.1, -0.05) is 12.1 Å². The second-order valence-electron chi connectivity index (χ2n) is 8.21. The van der Waals surface area contributed by atoms with Crippen LogP contribution in [0.1, 0.15) is 51.4 Å². The summed E-state index contributed by atoms with van der Waals surface area (Å²) < 4.78 is 5.73. The van der Waals surface area contributed by atoms with E-state index in [1.807, 2.05) is 19.9 Å². The van der Waals surface area contributed by atoms with Crippen LogP contribution in [-0.2, 0) is 4.79 Å².